The van der Waals surface area contributed by atoms with Crippen molar-refractivity contribution in [2.45, 2.75) is 18.7 Å². The lowest BCUT2D eigenvalue weighted by Gasteiger charge is -2.34. The predicted molar refractivity (Wildman–Crippen MR) is 62.1 cm³/mol. The second kappa shape index (κ2) is 3.77. The third-order valence-electron chi connectivity index (χ3n) is 2.43. The van der Waals surface area contributed by atoms with Crippen molar-refractivity contribution in [2.75, 3.05) is 5.75 Å². The molecule has 0 radical (unpaired) electrons. The molecule has 1 aromatic rings. The number of carbonyl (C=O) groups excluding carboxylic acids is 1. The average Bonchev–Trinajstić information content (AvgIpc) is 2.84. The van der Waals surface area contributed by atoms with Crippen molar-refractivity contribution in [3.05, 3.63) is 10.1 Å². The van der Waals surface area contributed by atoms with Gasteiger partial charge in [0.25, 0.3) is 0 Å². The number of rotatable bonds is 3. The van der Waals surface area contributed by atoms with E-state index >= 15 is 0 Å². The maximum atomic E-state index is 11.6. The van der Waals surface area contributed by atoms with Crippen LogP contribution < -0.4 is 0 Å². The Morgan fingerprint density at radius 2 is 2.56 bits per heavy atom. The van der Waals surface area contributed by atoms with E-state index < -0.39 is 0 Å². The highest BCUT2D eigenvalue weighted by Crippen LogP contribution is 2.52. The van der Waals surface area contributed by atoms with Crippen molar-refractivity contribution in [2.24, 2.45) is 0 Å². The van der Waals surface area contributed by atoms with E-state index in [1.165, 1.54) is 0 Å². The van der Waals surface area contributed by atoms with Gasteiger partial charge in [-0.15, -0.1) is 16.9 Å². The molecule has 1 saturated heterocycles. The first-order valence-corrected chi connectivity index (χ1v) is 6.77. The summed E-state index contributed by atoms with van der Waals surface area (Å²) in [5.41, 5.74) is 0.850. The van der Waals surface area contributed by atoms with Gasteiger partial charge >= 0.3 is 0 Å². The van der Waals surface area contributed by atoms with Gasteiger partial charge in [-0.2, -0.15) is 0 Å². The molecular formula is C8H9N5OS2. The van der Waals surface area contributed by atoms with Crippen LogP contribution in [-0.4, -0.2) is 42.6 Å². The Kier molecular flexibility index (Phi) is 2.40. The molecule has 1 atom stereocenters. The van der Waals surface area contributed by atoms with Gasteiger partial charge in [0.2, 0.25) is 5.91 Å². The molecule has 1 fully saturated rings. The zero-order valence-corrected chi connectivity index (χ0v) is 10.1. The normalized spacial score (nSPS) is 23.7. The molecule has 1 aromatic heterocycles. The SMILES string of the molecule is CCSC1=C(c2nnn[nH]2)N2C(=O)C[C@H]2S1. The molecule has 0 spiro atoms. The molecule has 0 saturated carbocycles. The number of tetrazole rings is 1. The number of β-lactam (4-membered cyclic amide) rings is 1. The summed E-state index contributed by atoms with van der Waals surface area (Å²) in [5, 5.41) is 14.0. The molecule has 6 nitrogen and oxygen atoms in total. The summed E-state index contributed by atoms with van der Waals surface area (Å²) < 4.78 is 1.14. The Balaban J connectivity index is 2.01. The van der Waals surface area contributed by atoms with Crippen molar-refractivity contribution < 1.29 is 4.79 Å². The van der Waals surface area contributed by atoms with Crippen LogP contribution in [0.5, 0.6) is 0 Å². The summed E-state index contributed by atoms with van der Waals surface area (Å²) >= 11 is 3.46. The maximum Gasteiger partial charge on any atom is 0.231 e. The number of nitrogens with one attached hydrogen (secondary N) is 1. The summed E-state index contributed by atoms with van der Waals surface area (Å²) in [7, 11) is 0. The fourth-order valence-electron chi connectivity index (χ4n) is 1.73. The molecule has 2 aliphatic heterocycles. The van der Waals surface area contributed by atoms with Crippen LogP contribution in [0.3, 0.4) is 0 Å². The topological polar surface area (TPSA) is 74.8 Å². The van der Waals surface area contributed by atoms with Crippen LogP contribution in [0.25, 0.3) is 5.70 Å². The van der Waals surface area contributed by atoms with Crippen LogP contribution in [0.4, 0.5) is 0 Å². The third kappa shape index (κ3) is 1.36. The van der Waals surface area contributed by atoms with Crippen molar-refractivity contribution in [3.8, 4) is 0 Å². The minimum atomic E-state index is 0.149. The first-order valence-electron chi connectivity index (χ1n) is 4.91. The van der Waals surface area contributed by atoms with E-state index in [1.807, 2.05) is 0 Å². The molecular weight excluding hydrogens is 246 g/mol. The molecule has 3 rings (SSSR count). The van der Waals surface area contributed by atoms with Gasteiger partial charge in [0.15, 0.2) is 5.82 Å². The highest BCUT2D eigenvalue weighted by atomic mass is 32.2. The van der Waals surface area contributed by atoms with Crippen LogP contribution in [0.15, 0.2) is 4.24 Å². The van der Waals surface area contributed by atoms with E-state index in [1.54, 1.807) is 28.4 Å². The van der Waals surface area contributed by atoms with Gasteiger partial charge in [0.1, 0.15) is 5.70 Å². The summed E-state index contributed by atoms with van der Waals surface area (Å²) in [6, 6.07) is 0. The number of aromatic amines is 1. The number of thioether (sulfide) groups is 2. The van der Waals surface area contributed by atoms with Crippen LogP contribution in [0.1, 0.15) is 19.2 Å². The molecule has 0 aromatic carbocycles. The molecule has 0 unspecified atom stereocenters. The molecule has 1 N–H and O–H groups in total. The highest BCUT2D eigenvalue weighted by Gasteiger charge is 2.47. The zero-order valence-electron chi connectivity index (χ0n) is 8.51. The minimum Gasteiger partial charge on any atom is -0.294 e. The fourth-order valence-corrected chi connectivity index (χ4v) is 4.39. The number of hydrogen-bond acceptors (Lipinski definition) is 6. The van der Waals surface area contributed by atoms with Gasteiger partial charge in [-0.25, -0.2) is 5.10 Å². The van der Waals surface area contributed by atoms with Crippen LogP contribution >= 0.6 is 23.5 Å². The van der Waals surface area contributed by atoms with E-state index in [-0.39, 0.29) is 11.3 Å². The van der Waals surface area contributed by atoms with Gasteiger partial charge in [-0.3, -0.25) is 9.69 Å². The summed E-state index contributed by atoms with van der Waals surface area (Å²) in [6.07, 6.45) is 0.615. The van der Waals surface area contributed by atoms with Crippen LogP contribution in [-0.2, 0) is 4.79 Å². The molecule has 0 bridgehead atoms. The largest absolute Gasteiger partial charge is 0.294 e. The predicted octanol–water partition coefficient (Wildman–Crippen LogP) is 0.884. The van der Waals surface area contributed by atoms with Crippen LogP contribution in [0.2, 0.25) is 0 Å². The number of nitrogens with zero attached hydrogens (tertiary/aromatic N) is 4. The van der Waals surface area contributed by atoms with E-state index in [0.29, 0.717) is 12.2 Å². The van der Waals surface area contributed by atoms with Gasteiger partial charge in [0, 0.05) is 0 Å². The molecule has 16 heavy (non-hydrogen) atoms. The van der Waals surface area contributed by atoms with E-state index in [2.05, 4.69) is 27.5 Å². The van der Waals surface area contributed by atoms with Gasteiger partial charge < -0.3 is 0 Å². The minimum absolute atomic E-state index is 0.149. The number of amides is 1. The average molecular weight is 255 g/mol. The Labute approximate surface area is 100 Å². The monoisotopic (exact) mass is 255 g/mol. The lowest BCUT2D eigenvalue weighted by atomic mass is 10.2. The van der Waals surface area contributed by atoms with Gasteiger partial charge in [-0.1, -0.05) is 18.7 Å². The Morgan fingerprint density at radius 3 is 3.19 bits per heavy atom. The number of hydrogen-bond donors (Lipinski definition) is 1. The second-order valence-electron chi connectivity index (χ2n) is 3.36. The quantitative estimate of drug-likeness (QED) is 0.808. The van der Waals surface area contributed by atoms with E-state index in [4.69, 9.17) is 0 Å². The number of aromatic nitrogens is 4. The van der Waals surface area contributed by atoms with Gasteiger partial charge in [0.05, 0.1) is 16.0 Å². The lowest BCUT2D eigenvalue weighted by Crippen LogP contribution is -2.46. The summed E-state index contributed by atoms with van der Waals surface area (Å²) in [5.74, 6) is 1.71. The maximum absolute atomic E-state index is 11.6. The zero-order chi connectivity index (χ0) is 11.1. The number of fused-ring (bicyclic) bond motifs is 1. The first kappa shape index (κ1) is 10.2. The summed E-state index contributed by atoms with van der Waals surface area (Å²) in [4.78, 5) is 13.3. The fraction of sp³-hybridized carbons (Fsp3) is 0.500. The number of carbonyl (C=O) groups is 1. The van der Waals surface area contributed by atoms with Crippen molar-refractivity contribution >= 4 is 35.1 Å². The molecule has 1 amide bonds. The summed E-state index contributed by atoms with van der Waals surface area (Å²) in [6.45, 7) is 2.09. The second-order valence-corrected chi connectivity index (χ2v) is 6.08. The standard InChI is InChI=1S/C8H9N5OS2/c1-2-15-8-6(7-9-11-12-10-7)13-4(14)3-5(13)16-8/h5H,2-3H2,1H3,(H,9,10,11,12)/t5-/m1/s1. The Hall–Kier alpha value is -1.02. The van der Waals surface area contributed by atoms with Crippen molar-refractivity contribution in [3.63, 3.8) is 0 Å². The molecule has 2 aliphatic rings. The molecule has 84 valence electrons. The third-order valence-corrected chi connectivity index (χ3v) is 4.87. The number of H-pyrrole nitrogens is 1. The molecule has 8 heteroatoms. The van der Waals surface area contributed by atoms with Crippen LogP contribution in [0, 0.1) is 0 Å². The molecule has 3 heterocycles. The van der Waals surface area contributed by atoms with Gasteiger partial charge in [-0.05, 0) is 16.2 Å². The van der Waals surface area contributed by atoms with Crippen molar-refractivity contribution in [1.29, 1.82) is 0 Å². The van der Waals surface area contributed by atoms with E-state index in [0.717, 1.165) is 15.7 Å². The molecule has 0 aliphatic carbocycles. The van der Waals surface area contributed by atoms with Crippen molar-refractivity contribution in [1.82, 2.24) is 25.5 Å². The Bertz CT molecular complexity index is 457. The Morgan fingerprint density at radius 1 is 1.69 bits per heavy atom. The first-order chi connectivity index (χ1) is 7.81. The smallest absolute Gasteiger partial charge is 0.231 e. The highest BCUT2D eigenvalue weighted by molar-refractivity contribution is 8.23. The van der Waals surface area contributed by atoms with E-state index in [9.17, 15) is 4.79 Å². The lowest BCUT2D eigenvalue weighted by molar-refractivity contribution is -0.136.